The van der Waals surface area contributed by atoms with Crippen LogP contribution in [0.2, 0.25) is 0 Å². The Hall–Kier alpha value is -2.29. The fourth-order valence-corrected chi connectivity index (χ4v) is 2.57. The highest BCUT2D eigenvalue weighted by Gasteiger charge is 2.16. The Morgan fingerprint density at radius 1 is 0.826 bits per heavy atom. The first-order valence-electron chi connectivity index (χ1n) is 8.07. The molecule has 2 aromatic rings. The third kappa shape index (κ3) is 3.73. The predicted molar refractivity (Wildman–Crippen MR) is 100 cm³/mol. The Bertz CT molecular complexity index is 689. The van der Waals surface area contributed by atoms with E-state index in [1.807, 2.05) is 39.8 Å². The number of hydrogen-bond acceptors (Lipinski definition) is 2. The van der Waals surface area contributed by atoms with Gasteiger partial charge in [-0.05, 0) is 74.6 Å². The molecule has 0 aromatic heterocycles. The second-order valence-corrected chi connectivity index (χ2v) is 5.54. The van der Waals surface area contributed by atoms with Crippen molar-refractivity contribution in [3.63, 3.8) is 0 Å². The van der Waals surface area contributed by atoms with E-state index in [0.717, 1.165) is 16.8 Å². The molecule has 0 atom stereocenters. The average molecular weight is 312 g/mol. The van der Waals surface area contributed by atoms with Gasteiger partial charge in [-0.15, -0.1) is 0 Å². The molecule has 3 N–H and O–H groups in total. The van der Waals surface area contributed by atoms with Gasteiger partial charge in [0.1, 0.15) is 0 Å². The first-order chi connectivity index (χ1) is 10.8. The maximum absolute atomic E-state index is 12.5. The van der Waals surface area contributed by atoms with Crippen LogP contribution in [0.15, 0.2) is 24.3 Å². The number of carbonyl (C=O) groups excluding carboxylic acids is 1. The summed E-state index contributed by atoms with van der Waals surface area (Å²) in [6.07, 6.45) is 0. The molecule has 0 fully saturated rings. The SMILES string of the molecule is CC.Cc1c(C)c(C)c(NC(=O)c2ccccc2N)c(C)c1C. The van der Waals surface area contributed by atoms with Crippen molar-refractivity contribution in [2.75, 3.05) is 11.1 Å². The maximum Gasteiger partial charge on any atom is 0.257 e. The fourth-order valence-electron chi connectivity index (χ4n) is 2.57. The summed E-state index contributed by atoms with van der Waals surface area (Å²) in [7, 11) is 0. The van der Waals surface area contributed by atoms with Crippen molar-refractivity contribution in [2.24, 2.45) is 0 Å². The molecule has 3 nitrogen and oxygen atoms in total. The topological polar surface area (TPSA) is 55.1 Å². The molecular formula is C20H28N2O. The molecule has 0 unspecified atom stereocenters. The standard InChI is InChI=1S/C18H22N2O.C2H6/c1-10-11(2)13(4)17(14(5)12(10)3)20-18(21)15-8-6-7-9-16(15)19;1-2/h6-9H,19H2,1-5H3,(H,20,21);1-2H3. The van der Waals surface area contributed by atoms with Crippen LogP contribution in [-0.4, -0.2) is 5.91 Å². The minimum atomic E-state index is -0.165. The lowest BCUT2D eigenvalue weighted by Crippen LogP contribution is -2.16. The van der Waals surface area contributed by atoms with Crippen molar-refractivity contribution >= 4 is 17.3 Å². The van der Waals surface area contributed by atoms with Crippen molar-refractivity contribution < 1.29 is 4.79 Å². The number of anilines is 2. The molecule has 23 heavy (non-hydrogen) atoms. The predicted octanol–water partition coefficient (Wildman–Crippen LogP) is 5.09. The lowest BCUT2D eigenvalue weighted by atomic mass is 9.93. The largest absolute Gasteiger partial charge is 0.398 e. The molecular weight excluding hydrogens is 284 g/mol. The van der Waals surface area contributed by atoms with Gasteiger partial charge in [0.05, 0.1) is 5.56 Å². The summed E-state index contributed by atoms with van der Waals surface area (Å²) in [4.78, 5) is 12.5. The number of benzene rings is 2. The van der Waals surface area contributed by atoms with E-state index in [1.54, 1.807) is 12.1 Å². The van der Waals surface area contributed by atoms with E-state index in [4.69, 9.17) is 5.73 Å². The van der Waals surface area contributed by atoms with E-state index < -0.39 is 0 Å². The van der Waals surface area contributed by atoms with Gasteiger partial charge in [0.15, 0.2) is 0 Å². The number of carbonyl (C=O) groups is 1. The number of nitrogens with one attached hydrogen (secondary N) is 1. The molecule has 2 aromatic carbocycles. The highest BCUT2D eigenvalue weighted by atomic mass is 16.1. The number of nitrogens with two attached hydrogens (primary N) is 1. The van der Waals surface area contributed by atoms with Crippen LogP contribution in [0, 0.1) is 34.6 Å². The number of hydrogen-bond donors (Lipinski definition) is 2. The Morgan fingerprint density at radius 2 is 1.26 bits per heavy atom. The van der Waals surface area contributed by atoms with Crippen LogP contribution in [0.25, 0.3) is 0 Å². The average Bonchev–Trinajstić information content (AvgIpc) is 2.57. The van der Waals surface area contributed by atoms with E-state index in [0.29, 0.717) is 11.3 Å². The molecule has 2 rings (SSSR count). The van der Waals surface area contributed by atoms with Gasteiger partial charge in [0.25, 0.3) is 5.91 Å². The van der Waals surface area contributed by atoms with Gasteiger partial charge >= 0.3 is 0 Å². The minimum Gasteiger partial charge on any atom is -0.398 e. The molecule has 124 valence electrons. The Labute approximate surface area is 139 Å². The fraction of sp³-hybridized carbons (Fsp3) is 0.350. The van der Waals surface area contributed by atoms with Gasteiger partial charge in [-0.1, -0.05) is 26.0 Å². The molecule has 0 aliphatic carbocycles. The van der Waals surface area contributed by atoms with E-state index in [-0.39, 0.29) is 5.91 Å². The summed E-state index contributed by atoms with van der Waals surface area (Å²) in [5.74, 6) is -0.165. The molecule has 1 amide bonds. The summed E-state index contributed by atoms with van der Waals surface area (Å²) in [6.45, 7) is 14.4. The van der Waals surface area contributed by atoms with Crippen LogP contribution >= 0.6 is 0 Å². The second kappa shape index (κ2) is 7.82. The number of rotatable bonds is 2. The van der Waals surface area contributed by atoms with Crippen LogP contribution in [0.4, 0.5) is 11.4 Å². The van der Waals surface area contributed by atoms with Gasteiger partial charge in [-0.3, -0.25) is 4.79 Å². The highest BCUT2D eigenvalue weighted by Crippen LogP contribution is 2.30. The first-order valence-corrected chi connectivity index (χ1v) is 8.07. The molecule has 0 aliphatic rings. The van der Waals surface area contributed by atoms with Crippen LogP contribution in [-0.2, 0) is 0 Å². The Morgan fingerprint density at radius 3 is 1.74 bits per heavy atom. The summed E-state index contributed by atoms with van der Waals surface area (Å²) < 4.78 is 0. The van der Waals surface area contributed by atoms with E-state index in [9.17, 15) is 4.79 Å². The molecule has 0 aliphatic heterocycles. The summed E-state index contributed by atoms with van der Waals surface area (Å²) in [6, 6.07) is 7.11. The highest BCUT2D eigenvalue weighted by molar-refractivity contribution is 6.08. The zero-order valence-electron chi connectivity index (χ0n) is 15.3. The Kier molecular flexibility index (Phi) is 6.38. The molecule has 0 saturated heterocycles. The number of para-hydroxylation sites is 1. The van der Waals surface area contributed by atoms with Crippen molar-refractivity contribution in [1.82, 2.24) is 0 Å². The van der Waals surface area contributed by atoms with E-state index in [2.05, 4.69) is 26.1 Å². The number of nitrogen functional groups attached to an aromatic ring is 1. The quantitative estimate of drug-likeness (QED) is 0.759. The smallest absolute Gasteiger partial charge is 0.257 e. The lowest BCUT2D eigenvalue weighted by Gasteiger charge is -2.19. The normalized spacial score (nSPS) is 9.87. The Balaban J connectivity index is 0.00000127. The zero-order chi connectivity index (χ0) is 17.7. The van der Waals surface area contributed by atoms with Crippen molar-refractivity contribution in [3.05, 3.63) is 57.6 Å². The van der Waals surface area contributed by atoms with Gasteiger partial charge in [0.2, 0.25) is 0 Å². The van der Waals surface area contributed by atoms with Gasteiger partial charge in [-0.2, -0.15) is 0 Å². The van der Waals surface area contributed by atoms with Crippen LogP contribution in [0.3, 0.4) is 0 Å². The zero-order valence-corrected chi connectivity index (χ0v) is 15.3. The third-order valence-corrected chi connectivity index (χ3v) is 4.44. The van der Waals surface area contributed by atoms with E-state index in [1.165, 1.54) is 16.7 Å². The lowest BCUT2D eigenvalue weighted by molar-refractivity contribution is 0.102. The molecule has 0 heterocycles. The first kappa shape index (κ1) is 18.8. The van der Waals surface area contributed by atoms with Crippen molar-refractivity contribution in [1.29, 1.82) is 0 Å². The summed E-state index contributed by atoms with van der Waals surface area (Å²) in [5, 5.41) is 3.03. The van der Waals surface area contributed by atoms with Gasteiger partial charge < -0.3 is 11.1 Å². The van der Waals surface area contributed by atoms with E-state index >= 15 is 0 Å². The van der Waals surface area contributed by atoms with Crippen LogP contribution in [0.1, 0.15) is 52.0 Å². The summed E-state index contributed by atoms with van der Waals surface area (Å²) in [5.41, 5.74) is 13.7. The minimum absolute atomic E-state index is 0.165. The maximum atomic E-state index is 12.5. The number of amides is 1. The van der Waals surface area contributed by atoms with Gasteiger partial charge in [0, 0.05) is 11.4 Å². The van der Waals surface area contributed by atoms with Crippen molar-refractivity contribution in [2.45, 2.75) is 48.5 Å². The molecule has 0 radical (unpaired) electrons. The second-order valence-electron chi connectivity index (χ2n) is 5.54. The molecule has 3 heteroatoms. The summed E-state index contributed by atoms with van der Waals surface area (Å²) >= 11 is 0. The molecule has 0 bridgehead atoms. The van der Waals surface area contributed by atoms with Crippen LogP contribution in [0.5, 0.6) is 0 Å². The van der Waals surface area contributed by atoms with Crippen LogP contribution < -0.4 is 11.1 Å². The monoisotopic (exact) mass is 312 g/mol. The van der Waals surface area contributed by atoms with Crippen molar-refractivity contribution in [3.8, 4) is 0 Å². The molecule has 0 saturated carbocycles. The van der Waals surface area contributed by atoms with Gasteiger partial charge in [-0.25, -0.2) is 0 Å². The molecule has 0 spiro atoms. The third-order valence-electron chi connectivity index (χ3n) is 4.44.